The molecule has 0 spiro atoms. The Morgan fingerprint density at radius 3 is 1.73 bits per heavy atom. The summed E-state index contributed by atoms with van der Waals surface area (Å²) in [6.45, 7) is 10.9. The molecule has 1 aliphatic carbocycles. The van der Waals surface area contributed by atoms with E-state index >= 15 is 0 Å². The second-order valence-electron chi connectivity index (χ2n) is 7.92. The topological polar surface area (TPSA) is 29.1 Å². The van der Waals surface area contributed by atoms with E-state index in [1.165, 1.54) is 22.3 Å². The van der Waals surface area contributed by atoms with Gasteiger partial charge in [-0.2, -0.15) is 0 Å². The van der Waals surface area contributed by atoms with Crippen LogP contribution in [0.25, 0.3) is 11.1 Å². The third-order valence-electron chi connectivity index (χ3n) is 4.71. The van der Waals surface area contributed by atoms with Crippen molar-refractivity contribution >= 4 is 11.9 Å². The second kappa shape index (κ2) is 9.18. The van der Waals surface area contributed by atoms with Crippen molar-refractivity contribution in [1.82, 2.24) is 3.30 Å². The van der Waals surface area contributed by atoms with E-state index in [0.29, 0.717) is 3.67 Å². The molecule has 0 heterocycles. The maximum atomic E-state index is 12.7. The maximum Gasteiger partial charge on any atom is -1.00 e. The number of hydrogen-bond acceptors (Lipinski definition) is 1. The van der Waals surface area contributed by atoms with Crippen molar-refractivity contribution in [3.05, 3.63) is 59.7 Å². The molecule has 0 saturated heterocycles. The van der Waals surface area contributed by atoms with E-state index in [1.54, 1.807) is 0 Å². The minimum Gasteiger partial charge on any atom is -1.00 e. The number of carbonyl (C=O) groups excluding carboxylic acids is 1. The number of halogens is 2. The Balaban J connectivity index is 0.00000169. The molecule has 0 aliphatic heterocycles. The Kier molecular flexibility index (Phi) is 8.34. The fourth-order valence-electron chi connectivity index (χ4n) is 3.36. The third-order valence-corrected chi connectivity index (χ3v) is 29.6. The van der Waals surface area contributed by atoms with Crippen LogP contribution in [0, 0.1) is 5.41 Å². The van der Waals surface area contributed by atoms with Crippen molar-refractivity contribution in [2.45, 2.75) is 37.5 Å². The summed E-state index contributed by atoms with van der Waals surface area (Å²) in [5.74, 6) is -0.660. The van der Waals surface area contributed by atoms with Gasteiger partial charge in [0, 0.05) is 0 Å². The monoisotopic (exact) mass is 574 g/mol. The van der Waals surface area contributed by atoms with Crippen LogP contribution in [0.15, 0.2) is 48.5 Å². The summed E-state index contributed by atoms with van der Waals surface area (Å²) in [6, 6.07) is 17.6. The zero-order valence-electron chi connectivity index (χ0n) is 15.9. The fraction of sp³-hybridized carbons (Fsp3) is 0.350. The van der Waals surface area contributed by atoms with Gasteiger partial charge in [0.1, 0.15) is 0 Å². The first-order valence-corrected chi connectivity index (χ1v) is 21.6. The summed E-state index contributed by atoms with van der Waals surface area (Å²) in [5.41, 5.74) is 5.35. The molecule has 139 valence electrons. The van der Waals surface area contributed by atoms with Crippen LogP contribution in [-0.2, 0) is 25.7 Å². The number of fused-ring (bicyclic) bond motifs is 3. The molecule has 0 unspecified atom stereocenters. The van der Waals surface area contributed by atoms with Crippen LogP contribution >= 0.6 is 0 Å². The zero-order chi connectivity index (χ0) is 17.5. The Morgan fingerprint density at radius 2 is 1.35 bits per heavy atom. The van der Waals surface area contributed by atoms with Gasteiger partial charge in [0.2, 0.25) is 0 Å². The summed E-state index contributed by atoms with van der Waals surface area (Å²) in [4.78, 5) is 12.7. The normalized spacial score (nSPS) is 12.5. The van der Waals surface area contributed by atoms with Gasteiger partial charge in [0.15, 0.2) is 0 Å². The Labute approximate surface area is 178 Å². The summed E-state index contributed by atoms with van der Waals surface area (Å²) >= 11 is -2.35. The van der Waals surface area contributed by atoms with Gasteiger partial charge in [-0.1, -0.05) is 0 Å². The molecule has 0 saturated carbocycles. The van der Waals surface area contributed by atoms with Gasteiger partial charge >= 0.3 is 155 Å². The standard InChI is InChI=1S/C13H9.C5H11NO.C2H7Si.2ClH.Hf/c1-3-7-12-10(5-1)9-11-6-2-4-8-13(11)12;1-5(2,3)4(6)7;1-3-2;;;/h1-9H;1-3H3,(H2,6,7);3H,1-2H3;2*1H;/q;;;;;+3/p-3. The molecule has 2 aromatic carbocycles. The first-order chi connectivity index (χ1) is 11.3. The number of benzene rings is 2. The van der Waals surface area contributed by atoms with Gasteiger partial charge in [-0.05, 0) is 0 Å². The first kappa shape index (κ1) is 23.6. The van der Waals surface area contributed by atoms with E-state index in [1.807, 2.05) is 20.8 Å². The number of nitrogens with one attached hydrogen (secondary N) is 1. The van der Waals surface area contributed by atoms with E-state index in [0.717, 1.165) is 0 Å². The summed E-state index contributed by atoms with van der Waals surface area (Å²) in [5, 5.41) is 0. The van der Waals surface area contributed by atoms with Gasteiger partial charge in [0.05, 0.1) is 0 Å². The Bertz CT molecular complexity index is 731. The zero-order valence-corrected chi connectivity index (χ0v) is 22.2. The molecule has 0 fully saturated rings. The largest absolute Gasteiger partial charge is 1.00 e. The van der Waals surface area contributed by atoms with Crippen LogP contribution in [-0.4, -0.2) is 11.9 Å². The summed E-state index contributed by atoms with van der Waals surface area (Å²) in [7, 11) is 0. The number of amides is 1. The Hall–Kier alpha value is -0.423. The van der Waals surface area contributed by atoms with Crippen LogP contribution in [0.4, 0.5) is 0 Å². The van der Waals surface area contributed by atoms with Crippen LogP contribution in [0.1, 0.15) is 35.6 Å². The van der Waals surface area contributed by atoms with Gasteiger partial charge in [-0.25, -0.2) is 0 Å². The smallest absolute Gasteiger partial charge is 1.00 e. The molecular formula is C20H26Cl2HfNOSi. The third kappa shape index (κ3) is 4.52. The second-order valence-corrected chi connectivity index (χ2v) is 34.0. The molecule has 1 N–H and O–H groups in total. The van der Waals surface area contributed by atoms with Crippen LogP contribution in [0.2, 0.25) is 13.1 Å². The maximum absolute atomic E-state index is 12.7. The SMILES string of the molecule is C[SiH](C)[Hf+2]([NH]C(=O)C(C)(C)C)[CH]1c2ccccc2-c2ccccc21.[Cl-].[Cl-]. The molecule has 3 rings (SSSR count). The number of rotatable bonds is 3. The summed E-state index contributed by atoms with van der Waals surface area (Å²) < 4.78 is 4.10. The predicted molar refractivity (Wildman–Crippen MR) is 100 cm³/mol. The molecule has 0 aromatic heterocycles. The molecule has 2 nitrogen and oxygen atoms in total. The quantitative estimate of drug-likeness (QED) is 0.443. The van der Waals surface area contributed by atoms with Gasteiger partial charge in [0.25, 0.3) is 0 Å². The van der Waals surface area contributed by atoms with Crippen molar-refractivity contribution < 1.29 is 50.5 Å². The van der Waals surface area contributed by atoms with Gasteiger partial charge < -0.3 is 24.8 Å². The Morgan fingerprint density at radius 1 is 0.923 bits per heavy atom. The average Bonchev–Trinajstić information content (AvgIpc) is 2.86. The fourth-order valence-corrected chi connectivity index (χ4v) is 25.6. The number of carbonyl (C=O) groups is 1. The molecule has 0 atom stereocenters. The summed E-state index contributed by atoms with van der Waals surface area (Å²) in [6.07, 6.45) is 0. The average molecular weight is 574 g/mol. The van der Waals surface area contributed by atoms with Crippen molar-refractivity contribution in [1.29, 1.82) is 0 Å². The van der Waals surface area contributed by atoms with E-state index in [4.69, 9.17) is 0 Å². The minimum atomic E-state index is -2.35. The van der Waals surface area contributed by atoms with E-state index in [-0.39, 0.29) is 36.1 Å². The van der Waals surface area contributed by atoms with Crippen molar-refractivity contribution in [3.63, 3.8) is 0 Å². The van der Waals surface area contributed by atoms with Crippen molar-refractivity contribution in [2.75, 3.05) is 0 Å². The minimum absolute atomic E-state index is 0. The number of hydrogen-bond donors (Lipinski definition) is 1. The van der Waals surface area contributed by atoms with Crippen LogP contribution < -0.4 is 28.1 Å². The van der Waals surface area contributed by atoms with Crippen molar-refractivity contribution in [2.24, 2.45) is 5.41 Å². The molecule has 2 aromatic rings. The molecule has 1 amide bonds. The predicted octanol–water partition coefficient (Wildman–Crippen LogP) is -1.56. The molecule has 1 aliphatic rings. The molecule has 0 radical (unpaired) electrons. The molecule has 26 heavy (non-hydrogen) atoms. The van der Waals surface area contributed by atoms with Crippen LogP contribution in [0.5, 0.6) is 0 Å². The molecule has 6 heteroatoms. The van der Waals surface area contributed by atoms with Crippen molar-refractivity contribution in [3.8, 4) is 11.1 Å². The molecule has 0 bridgehead atoms. The molecular weight excluding hydrogens is 548 g/mol. The van der Waals surface area contributed by atoms with Gasteiger partial charge in [-0.3, -0.25) is 0 Å². The van der Waals surface area contributed by atoms with Crippen LogP contribution in [0.3, 0.4) is 0 Å². The van der Waals surface area contributed by atoms with E-state index in [9.17, 15) is 4.79 Å². The first-order valence-electron chi connectivity index (χ1n) is 8.67. The van der Waals surface area contributed by atoms with E-state index < -0.39 is 26.9 Å². The van der Waals surface area contributed by atoms with Gasteiger partial charge in [-0.15, -0.1) is 0 Å². The van der Waals surface area contributed by atoms with E-state index in [2.05, 4.69) is 64.9 Å².